The van der Waals surface area contributed by atoms with Crippen LogP contribution in [0, 0.1) is 0 Å². The molecule has 158 valence electrons. The number of hydrogen-bond acceptors (Lipinski definition) is 7. The number of rotatable bonds is 7. The van der Waals surface area contributed by atoms with Crippen LogP contribution in [-0.4, -0.2) is 43.4 Å². The summed E-state index contributed by atoms with van der Waals surface area (Å²) in [4.78, 5) is 16.4. The van der Waals surface area contributed by atoms with Gasteiger partial charge >= 0.3 is 6.03 Å². The van der Waals surface area contributed by atoms with E-state index in [1.807, 2.05) is 4.72 Å². The van der Waals surface area contributed by atoms with E-state index in [-0.39, 0.29) is 11.7 Å². The Morgan fingerprint density at radius 3 is 2.63 bits per heavy atom. The summed E-state index contributed by atoms with van der Waals surface area (Å²) in [6.45, 7) is 3.63. The zero-order valence-electron chi connectivity index (χ0n) is 16.6. The lowest BCUT2D eigenvalue weighted by Crippen LogP contribution is -2.37. The van der Waals surface area contributed by atoms with Gasteiger partial charge in [-0.25, -0.2) is 17.9 Å². The van der Waals surface area contributed by atoms with Crippen LogP contribution in [0.25, 0.3) is 10.9 Å². The number of pyridine rings is 1. The highest BCUT2D eigenvalue weighted by molar-refractivity contribution is 7.90. The summed E-state index contributed by atoms with van der Waals surface area (Å²) in [7, 11) is 0.288. The molecule has 2 N–H and O–H groups in total. The lowest BCUT2D eigenvalue weighted by Gasteiger charge is -2.16. The molecule has 1 atom stereocenters. The highest BCUT2D eigenvalue weighted by Gasteiger charge is 2.31. The standard InChI is InChI=1S/C19H21N5O5S/c1-5-15(18-13-8-6-7-9-14(13)22-24(18)2)30(26,27)23-19(25)21-16-10-12(28-3)11-17(20-16)29-4/h5-11,15H,1H2,2-4H3,(H2,20,21,23,25). The van der Waals surface area contributed by atoms with Crippen LogP contribution >= 0.6 is 0 Å². The summed E-state index contributed by atoms with van der Waals surface area (Å²) < 4.78 is 39.5. The van der Waals surface area contributed by atoms with Gasteiger partial charge in [0.1, 0.15) is 16.8 Å². The fourth-order valence-electron chi connectivity index (χ4n) is 2.99. The van der Waals surface area contributed by atoms with E-state index in [1.165, 1.54) is 37.1 Å². The molecular formula is C19H21N5O5S. The predicted molar refractivity (Wildman–Crippen MR) is 112 cm³/mol. The molecule has 0 radical (unpaired) electrons. The number of fused-ring (bicyclic) bond motifs is 1. The Kier molecular flexibility index (Phi) is 5.92. The highest BCUT2D eigenvalue weighted by Crippen LogP contribution is 2.29. The molecule has 3 rings (SSSR count). The third-order valence-corrected chi connectivity index (χ3v) is 5.86. The Morgan fingerprint density at radius 2 is 1.97 bits per heavy atom. The number of amides is 2. The van der Waals surface area contributed by atoms with Gasteiger partial charge in [0.15, 0.2) is 0 Å². The summed E-state index contributed by atoms with van der Waals surface area (Å²) in [6.07, 6.45) is 1.24. The SMILES string of the molecule is C=CC(c1c2ccccc2nn1C)S(=O)(=O)NC(=O)Nc1cc(OC)cc(OC)n1. The molecule has 0 saturated carbocycles. The Balaban J connectivity index is 1.87. The van der Waals surface area contributed by atoms with Gasteiger partial charge in [0.05, 0.1) is 25.4 Å². The van der Waals surface area contributed by atoms with Crippen LogP contribution in [-0.2, 0) is 17.1 Å². The Labute approximate surface area is 173 Å². The van der Waals surface area contributed by atoms with Crippen LogP contribution in [0.5, 0.6) is 11.6 Å². The van der Waals surface area contributed by atoms with Crippen molar-refractivity contribution in [2.24, 2.45) is 7.05 Å². The van der Waals surface area contributed by atoms with Crippen molar-refractivity contribution >= 4 is 32.8 Å². The van der Waals surface area contributed by atoms with E-state index in [0.29, 0.717) is 22.3 Å². The Bertz CT molecular complexity index is 1180. The molecule has 3 aromatic rings. The number of benzene rings is 1. The fraction of sp³-hybridized carbons (Fsp3) is 0.211. The maximum atomic E-state index is 12.9. The number of ether oxygens (including phenoxy) is 2. The average molecular weight is 431 g/mol. The summed E-state index contributed by atoms with van der Waals surface area (Å²) >= 11 is 0. The summed E-state index contributed by atoms with van der Waals surface area (Å²) in [6, 6.07) is 9.06. The lowest BCUT2D eigenvalue weighted by atomic mass is 10.1. The van der Waals surface area contributed by atoms with Crippen LogP contribution in [0.15, 0.2) is 49.1 Å². The summed E-state index contributed by atoms with van der Waals surface area (Å²) in [5.74, 6) is 0.628. The minimum absolute atomic E-state index is 0.0556. The fourth-order valence-corrected chi connectivity index (χ4v) is 4.26. The van der Waals surface area contributed by atoms with E-state index < -0.39 is 21.3 Å². The summed E-state index contributed by atoms with van der Waals surface area (Å²) in [5, 5.41) is 6.12. The number of carbonyl (C=O) groups excluding carboxylic acids is 1. The molecule has 1 unspecified atom stereocenters. The maximum absolute atomic E-state index is 12.9. The molecule has 10 nitrogen and oxygen atoms in total. The number of nitrogens with one attached hydrogen (secondary N) is 2. The van der Waals surface area contributed by atoms with Crippen molar-refractivity contribution in [3.8, 4) is 11.6 Å². The topological polar surface area (TPSA) is 124 Å². The molecule has 30 heavy (non-hydrogen) atoms. The van der Waals surface area contributed by atoms with E-state index in [9.17, 15) is 13.2 Å². The number of urea groups is 1. The molecule has 2 aromatic heterocycles. The number of aryl methyl sites for hydroxylation is 1. The van der Waals surface area contributed by atoms with E-state index in [4.69, 9.17) is 9.47 Å². The van der Waals surface area contributed by atoms with Gasteiger partial charge in [0.25, 0.3) is 0 Å². The number of sulfonamides is 1. The van der Waals surface area contributed by atoms with Crippen molar-refractivity contribution in [3.05, 3.63) is 54.7 Å². The number of nitrogens with zero attached hydrogens (tertiary/aromatic N) is 3. The van der Waals surface area contributed by atoms with Crippen LogP contribution in [0.1, 0.15) is 10.9 Å². The second-order valence-corrected chi connectivity index (χ2v) is 8.02. The number of aromatic nitrogens is 3. The zero-order valence-corrected chi connectivity index (χ0v) is 17.4. The van der Waals surface area contributed by atoms with Gasteiger partial charge in [0.2, 0.25) is 15.9 Å². The molecule has 0 aliphatic heterocycles. The molecule has 0 aliphatic carbocycles. The van der Waals surface area contributed by atoms with Crippen LogP contribution in [0.4, 0.5) is 10.6 Å². The van der Waals surface area contributed by atoms with Crippen LogP contribution in [0.2, 0.25) is 0 Å². The van der Waals surface area contributed by atoms with E-state index >= 15 is 0 Å². The van der Waals surface area contributed by atoms with Crippen molar-refractivity contribution in [1.29, 1.82) is 0 Å². The normalized spacial score (nSPS) is 12.2. The molecule has 0 spiro atoms. The van der Waals surface area contributed by atoms with Gasteiger partial charge in [-0.05, 0) is 6.07 Å². The van der Waals surface area contributed by atoms with Gasteiger partial charge in [-0.1, -0.05) is 24.3 Å². The van der Waals surface area contributed by atoms with E-state index in [2.05, 4.69) is 22.0 Å². The number of hydrogen-bond donors (Lipinski definition) is 2. The number of carbonyl (C=O) groups is 1. The number of methoxy groups -OCH3 is 2. The molecule has 0 bridgehead atoms. The Hall–Kier alpha value is -3.60. The Morgan fingerprint density at radius 1 is 1.23 bits per heavy atom. The van der Waals surface area contributed by atoms with Crippen LogP contribution < -0.4 is 19.5 Å². The van der Waals surface area contributed by atoms with E-state index in [1.54, 1.807) is 31.3 Å². The van der Waals surface area contributed by atoms with Gasteiger partial charge < -0.3 is 9.47 Å². The molecule has 0 aliphatic rings. The third kappa shape index (κ3) is 4.20. The van der Waals surface area contributed by atoms with Gasteiger partial charge in [-0.2, -0.15) is 10.1 Å². The zero-order chi connectivity index (χ0) is 21.9. The number of anilines is 1. The second-order valence-electron chi connectivity index (χ2n) is 6.22. The third-order valence-electron chi connectivity index (χ3n) is 4.30. The molecule has 2 heterocycles. The summed E-state index contributed by atoms with van der Waals surface area (Å²) in [5.41, 5.74) is 1.02. The van der Waals surface area contributed by atoms with Gasteiger partial charge in [-0.3, -0.25) is 10.00 Å². The van der Waals surface area contributed by atoms with Crippen molar-refractivity contribution in [3.63, 3.8) is 0 Å². The first-order chi connectivity index (χ1) is 14.3. The smallest absolute Gasteiger partial charge is 0.334 e. The molecule has 0 saturated heterocycles. The second kappa shape index (κ2) is 8.41. The van der Waals surface area contributed by atoms with Crippen molar-refractivity contribution in [2.75, 3.05) is 19.5 Å². The first-order valence-electron chi connectivity index (χ1n) is 8.76. The predicted octanol–water partition coefficient (Wildman–Crippen LogP) is 2.36. The first-order valence-corrected chi connectivity index (χ1v) is 10.3. The quantitative estimate of drug-likeness (QED) is 0.550. The van der Waals surface area contributed by atoms with Crippen molar-refractivity contribution < 1.29 is 22.7 Å². The molecule has 11 heteroatoms. The largest absolute Gasteiger partial charge is 0.496 e. The first kappa shape index (κ1) is 21.1. The molecular weight excluding hydrogens is 410 g/mol. The average Bonchev–Trinajstić information content (AvgIpc) is 3.03. The monoisotopic (exact) mass is 431 g/mol. The molecule has 1 aromatic carbocycles. The van der Waals surface area contributed by atoms with E-state index in [0.717, 1.165) is 0 Å². The van der Waals surface area contributed by atoms with Gasteiger partial charge in [0, 0.05) is 24.6 Å². The van der Waals surface area contributed by atoms with Crippen molar-refractivity contribution in [1.82, 2.24) is 19.5 Å². The molecule has 0 fully saturated rings. The highest BCUT2D eigenvalue weighted by atomic mass is 32.2. The van der Waals surface area contributed by atoms with Crippen LogP contribution in [0.3, 0.4) is 0 Å². The maximum Gasteiger partial charge on any atom is 0.334 e. The molecule has 2 amide bonds. The lowest BCUT2D eigenvalue weighted by molar-refractivity contribution is 0.256. The minimum Gasteiger partial charge on any atom is -0.496 e. The van der Waals surface area contributed by atoms with Crippen molar-refractivity contribution in [2.45, 2.75) is 5.25 Å². The minimum atomic E-state index is -4.19. The van der Waals surface area contributed by atoms with Gasteiger partial charge in [-0.15, -0.1) is 6.58 Å².